The monoisotopic (exact) mass is 454 g/mol. The minimum Gasteiger partial charge on any atom is -0.493 e. The molecule has 1 fully saturated rings. The van der Waals surface area contributed by atoms with Gasteiger partial charge in [-0.2, -0.15) is 0 Å². The average molecular weight is 455 g/mol. The molecule has 3 aliphatic rings. The van der Waals surface area contributed by atoms with Crippen molar-refractivity contribution in [3.63, 3.8) is 0 Å². The van der Waals surface area contributed by atoms with Crippen LogP contribution >= 0.6 is 0 Å². The fourth-order valence-corrected chi connectivity index (χ4v) is 5.70. The van der Waals surface area contributed by atoms with Crippen LogP contribution < -0.4 is 9.46 Å². The van der Waals surface area contributed by atoms with E-state index in [9.17, 15) is 13.2 Å². The van der Waals surface area contributed by atoms with Crippen LogP contribution in [-0.2, 0) is 27.8 Å². The summed E-state index contributed by atoms with van der Waals surface area (Å²) in [4.78, 5) is 21.7. The molecule has 1 unspecified atom stereocenters. The lowest BCUT2D eigenvalue weighted by molar-refractivity contribution is -0.133. The minimum absolute atomic E-state index is 0.0876. The quantitative estimate of drug-likeness (QED) is 0.754. The molecule has 32 heavy (non-hydrogen) atoms. The van der Waals surface area contributed by atoms with Gasteiger partial charge in [0, 0.05) is 44.7 Å². The summed E-state index contributed by atoms with van der Waals surface area (Å²) in [6, 6.07) is 12.4. The highest BCUT2D eigenvalue weighted by Crippen LogP contribution is 2.27. The maximum Gasteiger partial charge on any atom is 0.263 e. The van der Waals surface area contributed by atoms with Gasteiger partial charge in [-0.15, -0.1) is 0 Å². The second-order valence-electron chi connectivity index (χ2n) is 8.40. The number of carbonyl (C=O) groups is 1. The zero-order chi connectivity index (χ0) is 22.3. The Kier molecular flexibility index (Phi) is 5.38. The van der Waals surface area contributed by atoms with Gasteiger partial charge in [-0.05, 0) is 36.2 Å². The van der Waals surface area contributed by atoms with E-state index in [0.717, 1.165) is 38.4 Å². The largest absolute Gasteiger partial charge is 0.493 e. The molecule has 3 aliphatic heterocycles. The Morgan fingerprint density at radius 2 is 1.94 bits per heavy atom. The Labute approximate surface area is 187 Å². The number of nitrogens with one attached hydrogen (secondary N) is 1. The molecule has 0 spiro atoms. The van der Waals surface area contributed by atoms with Crippen LogP contribution in [0.3, 0.4) is 0 Å². The predicted octanol–water partition coefficient (Wildman–Crippen LogP) is 1.39. The highest BCUT2D eigenvalue weighted by molar-refractivity contribution is 7.90. The lowest BCUT2D eigenvalue weighted by Gasteiger charge is -2.35. The van der Waals surface area contributed by atoms with Crippen LogP contribution in [0.25, 0.3) is 0 Å². The van der Waals surface area contributed by atoms with Crippen LogP contribution in [0.1, 0.15) is 23.6 Å². The number of sulfonamides is 1. The van der Waals surface area contributed by atoms with Crippen molar-refractivity contribution in [3.8, 4) is 5.75 Å². The van der Waals surface area contributed by atoms with E-state index in [0.29, 0.717) is 18.7 Å². The Morgan fingerprint density at radius 3 is 2.75 bits per heavy atom. The predicted molar refractivity (Wildman–Crippen MR) is 120 cm³/mol. The topological polar surface area (TPSA) is 91.3 Å². The average Bonchev–Trinajstić information content (AvgIpc) is 3.36. The number of benzene rings is 2. The van der Waals surface area contributed by atoms with Gasteiger partial charge in [0.15, 0.2) is 0 Å². The SMILES string of the molecule is CC(N=C1NS(=O)(=O)c2ccccc21)C(=O)N1CCN(Cc2ccc3c(c2)CCO3)CC1. The number of aliphatic imine (C=N–C) groups is 1. The fraction of sp³-hybridized carbons (Fsp3) is 0.391. The summed E-state index contributed by atoms with van der Waals surface area (Å²) < 4.78 is 32.6. The highest BCUT2D eigenvalue weighted by atomic mass is 32.2. The number of amidine groups is 1. The van der Waals surface area contributed by atoms with Crippen LogP contribution in [0.2, 0.25) is 0 Å². The van der Waals surface area contributed by atoms with Crippen molar-refractivity contribution >= 4 is 21.8 Å². The molecule has 1 saturated heterocycles. The first-order valence-corrected chi connectivity index (χ1v) is 12.3. The van der Waals surface area contributed by atoms with Crippen LogP contribution in [-0.4, -0.2) is 68.8 Å². The number of rotatable bonds is 4. The molecular formula is C23H26N4O4S. The molecule has 2 aromatic carbocycles. The van der Waals surface area contributed by atoms with Crippen molar-refractivity contribution in [2.45, 2.75) is 30.8 Å². The maximum atomic E-state index is 13.0. The van der Waals surface area contributed by atoms with Gasteiger partial charge in [0.25, 0.3) is 10.0 Å². The third kappa shape index (κ3) is 3.98. The summed E-state index contributed by atoms with van der Waals surface area (Å²) in [5.41, 5.74) is 3.05. The van der Waals surface area contributed by atoms with Gasteiger partial charge < -0.3 is 9.64 Å². The molecule has 8 nitrogen and oxygen atoms in total. The lowest BCUT2D eigenvalue weighted by atomic mass is 10.1. The molecular weight excluding hydrogens is 428 g/mol. The first-order chi connectivity index (χ1) is 15.4. The van der Waals surface area contributed by atoms with Crippen molar-refractivity contribution in [2.75, 3.05) is 32.8 Å². The Bertz CT molecular complexity index is 1190. The summed E-state index contributed by atoms with van der Waals surface area (Å²) in [6.07, 6.45) is 0.965. The maximum absolute atomic E-state index is 13.0. The number of hydrogen-bond acceptors (Lipinski definition) is 6. The molecule has 1 amide bonds. The fourth-order valence-electron chi connectivity index (χ4n) is 4.47. The summed E-state index contributed by atoms with van der Waals surface area (Å²) in [6.45, 7) is 6.16. The number of hydrogen-bond donors (Lipinski definition) is 1. The van der Waals surface area contributed by atoms with Gasteiger partial charge in [-0.3, -0.25) is 19.4 Å². The molecule has 0 bridgehead atoms. The van der Waals surface area contributed by atoms with E-state index in [1.54, 1.807) is 31.2 Å². The number of fused-ring (bicyclic) bond motifs is 2. The van der Waals surface area contributed by atoms with Gasteiger partial charge in [0.1, 0.15) is 17.6 Å². The Balaban J connectivity index is 1.20. The number of ether oxygens (including phenoxy) is 1. The van der Waals surface area contributed by atoms with Crippen molar-refractivity contribution in [1.29, 1.82) is 0 Å². The second-order valence-corrected chi connectivity index (χ2v) is 10.0. The Morgan fingerprint density at radius 1 is 1.16 bits per heavy atom. The number of amides is 1. The first kappa shape index (κ1) is 21.0. The molecule has 5 rings (SSSR count). The van der Waals surface area contributed by atoms with Crippen molar-refractivity contribution < 1.29 is 17.9 Å². The third-order valence-electron chi connectivity index (χ3n) is 6.19. The van der Waals surface area contributed by atoms with Crippen LogP contribution in [0.4, 0.5) is 0 Å². The third-order valence-corrected chi connectivity index (χ3v) is 7.58. The van der Waals surface area contributed by atoms with E-state index < -0.39 is 16.1 Å². The van der Waals surface area contributed by atoms with Crippen molar-refractivity contribution in [1.82, 2.24) is 14.5 Å². The second kappa shape index (κ2) is 8.22. The zero-order valence-corrected chi connectivity index (χ0v) is 18.8. The van der Waals surface area contributed by atoms with E-state index in [1.807, 2.05) is 11.0 Å². The van der Waals surface area contributed by atoms with Gasteiger partial charge in [-0.1, -0.05) is 24.3 Å². The summed E-state index contributed by atoms with van der Waals surface area (Å²) in [5, 5.41) is 0. The molecule has 0 aromatic heterocycles. The van der Waals surface area contributed by atoms with E-state index in [4.69, 9.17) is 4.74 Å². The highest BCUT2D eigenvalue weighted by Gasteiger charge is 2.32. The summed E-state index contributed by atoms with van der Waals surface area (Å²) >= 11 is 0. The Hall–Kier alpha value is -2.91. The molecule has 2 aromatic rings. The first-order valence-electron chi connectivity index (χ1n) is 10.9. The zero-order valence-electron chi connectivity index (χ0n) is 18.0. The number of nitrogens with zero attached hydrogens (tertiary/aromatic N) is 3. The molecule has 0 saturated carbocycles. The van der Waals surface area contributed by atoms with E-state index in [-0.39, 0.29) is 16.6 Å². The van der Waals surface area contributed by atoms with Gasteiger partial charge >= 0.3 is 0 Å². The van der Waals surface area contributed by atoms with Gasteiger partial charge in [0.2, 0.25) is 5.91 Å². The van der Waals surface area contributed by atoms with Gasteiger partial charge in [-0.25, -0.2) is 8.42 Å². The number of piperazine rings is 1. The number of carbonyl (C=O) groups excluding carboxylic acids is 1. The standard InChI is InChI=1S/C23H26N4O4S/c1-16(24-22-19-4-2-3-5-21(19)32(29,30)25-22)23(28)27-11-9-26(10-12-27)15-17-6-7-20-18(14-17)8-13-31-20/h2-7,14,16H,8-13,15H2,1H3,(H,24,25). The van der Waals surface area contributed by atoms with Crippen molar-refractivity contribution in [2.24, 2.45) is 4.99 Å². The molecule has 9 heteroatoms. The van der Waals surface area contributed by atoms with Gasteiger partial charge in [0.05, 0.1) is 11.5 Å². The normalized spacial score (nSPS) is 21.5. The minimum atomic E-state index is -3.61. The molecule has 168 valence electrons. The lowest BCUT2D eigenvalue weighted by Crippen LogP contribution is -2.50. The van der Waals surface area contributed by atoms with Crippen LogP contribution in [0.5, 0.6) is 5.75 Å². The molecule has 3 heterocycles. The van der Waals surface area contributed by atoms with E-state index >= 15 is 0 Å². The summed E-state index contributed by atoms with van der Waals surface area (Å²) in [7, 11) is -3.61. The molecule has 0 aliphatic carbocycles. The summed E-state index contributed by atoms with van der Waals surface area (Å²) in [5.74, 6) is 1.14. The van der Waals surface area contributed by atoms with Crippen molar-refractivity contribution in [3.05, 3.63) is 59.2 Å². The smallest absolute Gasteiger partial charge is 0.263 e. The van der Waals surface area contributed by atoms with E-state index in [2.05, 4.69) is 26.7 Å². The van der Waals surface area contributed by atoms with E-state index in [1.165, 1.54) is 11.1 Å². The molecule has 1 N–H and O–H groups in total. The molecule has 0 radical (unpaired) electrons. The van der Waals surface area contributed by atoms with Crippen LogP contribution in [0.15, 0.2) is 52.4 Å². The van der Waals surface area contributed by atoms with Crippen LogP contribution in [0, 0.1) is 0 Å². The molecule has 1 atom stereocenters.